The van der Waals surface area contributed by atoms with Crippen molar-refractivity contribution in [2.45, 2.75) is 19.5 Å². The Balaban J connectivity index is 1.95. The molecule has 1 heterocycles. The first kappa shape index (κ1) is 25.1. The first-order valence-electron chi connectivity index (χ1n) is 10.2. The first-order chi connectivity index (χ1) is 16.5. The van der Waals surface area contributed by atoms with Gasteiger partial charge in [-0.3, -0.25) is 19.2 Å². The zero-order valence-electron chi connectivity index (χ0n) is 18.3. The second-order valence-electron chi connectivity index (χ2n) is 7.40. The lowest BCUT2D eigenvalue weighted by molar-refractivity contribution is -0.137. The minimum absolute atomic E-state index is 0.0260. The summed E-state index contributed by atoms with van der Waals surface area (Å²) in [6.45, 7) is 1.36. The molecule has 0 bridgehead atoms. The Hall–Kier alpha value is -4.48. The van der Waals surface area contributed by atoms with Crippen LogP contribution in [-0.2, 0) is 11.0 Å². The van der Waals surface area contributed by atoms with Gasteiger partial charge in [0.25, 0.3) is 11.8 Å². The largest absolute Gasteiger partial charge is 0.418 e. The Morgan fingerprint density at radius 1 is 1.03 bits per heavy atom. The summed E-state index contributed by atoms with van der Waals surface area (Å²) in [5.41, 5.74) is 2.33. The fraction of sp³-hybridized carbons (Fsp3) is 0.174. The second-order valence-corrected chi connectivity index (χ2v) is 7.40. The number of hydrogen-bond acceptors (Lipinski definition) is 5. The molecule has 2 aromatic carbocycles. The van der Waals surface area contributed by atoms with Crippen LogP contribution in [0.1, 0.15) is 38.5 Å². The average Bonchev–Trinajstić information content (AvgIpc) is 2.78. The third-order valence-electron chi connectivity index (χ3n) is 4.84. The lowest BCUT2D eigenvalue weighted by Crippen LogP contribution is -2.30. The maximum atomic E-state index is 13.5. The molecule has 3 amide bonds. The molecule has 3 aromatic rings. The van der Waals surface area contributed by atoms with Crippen LogP contribution in [0.4, 0.5) is 18.9 Å². The molecule has 0 fully saturated rings. The lowest BCUT2D eigenvalue weighted by atomic mass is 10.1. The number of halogens is 3. The summed E-state index contributed by atoms with van der Waals surface area (Å²) in [5, 5.41) is 8.77. The molecule has 0 spiro atoms. The summed E-state index contributed by atoms with van der Waals surface area (Å²) >= 11 is 0. The number of carbonyl (C=O) groups is 3. The molecule has 182 valence electrons. The molecule has 4 N–H and O–H groups in total. The Kier molecular flexibility index (Phi) is 7.33. The molecule has 0 atom stereocenters. The van der Waals surface area contributed by atoms with Crippen LogP contribution in [-0.4, -0.2) is 34.0 Å². The molecule has 12 heteroatoms. The molecule has 0 saturated carbocycles. The van der Waals surface area contributed by atoms with Gasteiger partial charge in [-0.2, -0.15) is 18.3 Å². The van der Waals surface area contributed by atoms with Crippen molar-refractivity contribution in [3.8, 4) is 5.69 Å². The van der Waals surface area contributed by atoms with Gasteiger partial charge in [0.2, 0.25) is 11.3 Å². The van der Waals surface area contributed by atoms with Crippen LogP contribution < -0.4 is 21.8 Å². The van der Waals surface area contributed by atoms with Crippen LogP contribution in [0.5, 0.6) is 0 Å². The van der Waals surface area contributed by atoms with E-state index < -0.39 is 40.6 Å². The zero-order chi connectivity index (χ0) is 25.8. The molecule has 0 aliphatic rings. The van der Waals surface area contributed by atoms with E-state index in [0.717, 1.165) is 16.8 Å². The Morgan fingerprint density at radius 3 is 2.37 bits per heavy atom. The summed E-state index contributed by atoms with van der Waals surface area (Å²) in [5.74, 6) is -2.25. The molecule has 0 aliphatic heterocycles. The summed E-state index contributed by atoms with van der Waals surface area (Å²) in [6, 6.07) is 11.5. The molecule has 1 aromatic heterocycles. The van der Waals surface area contributed by atoms with Crippen molar-refractivity contribution in [1.29, 1.82) is 0 Å². The fourth-order valence-corrected chi connectivity index (χ4v) is 3.21. The number of carbonyl (C=O) groups excluding carboxylic acids is 3. The number of hydrogen-bond donors (Lipinski definition) is 3. The molecule has 0 unspecified atom stereocenters. The van der Waals surface area contributed by atoms with E-state index in [0.29, 0.717) is 0 Å². The van der Waals surface area contributed by atoms with E-state index in [2.05, 4.69) is 15.7 Å². The molecule has 0 radical (unpaired) electrons. The molecular formula is C23H20F3N5O4. The first-order valence-corrected chi connectivity index (χ1v) is 10.2. The smallest absolute Gasteiger partial charge is 0.370 e. The number of aromatic nitrogens is 2. The maximum Gasteiger partial charge on any atom is 0.418 e. The van der Waals surface area contributed by atoms with Crippen LogP contribution >= 0.6 is 0 Å². The number of anilines is 1. The van der Waals surface area contributed by atoms with Crippen molar-refractivity contribution in [2.24, 2.45) is 5.73 Å². The van der Waals surface area contributed by atoms with Crippen LogP contribution in [0, 0.1) is 6.92 Å². The number of aryl methyl sites for hydroxylation is 1. The van der Waals surface area contributed by atoms with Gasteiger partial charge < -0.3 is 16.4 Å². The Bertz CT molecular complexity index is 1350. The minimum Gasteiger partial charge on any atom is -0.370 e. The van der Waals surface area contributed by atoms with Crippen molar-refractivity contribution in [3.05, 3.63) is 87.3 Å². The maximum absolute atomic E-state index is 13.5. The zero-order valence-corrected chi connectivity index (χ0v) is 18.3. The van der Waals surface area contributed by atoms with E-state index in [4.69, 9.17) is 5.73 Å². The number of nitrogens with zero attached hydrogens (tertiary/aromatic N) is 2. The van der Waals surface area contributed by atoms with Gasteiger partial charge in [0, 0.05) is 24.7 Å². The minimum atomic E-state index is -4.70. The van der Waals surface area contributed by atoms with Gasteiger partial charge in [-0.25, -0.2) is 4.68 Å². The highest BCUT2D eigenvalue weighted by molar-refractivity contribution is 6.08. The number of nitrogens with one attached hydrogen (secondary N) is 2. The number of para-hydroxylation sites is 2. The highest BCUT2D eigenvalue weighted by Gasteiger charge is 2.34. The van der Waals surface area contributed by atoms with E-state index in [-0.39, 0.29) is 35.6 Å². The standard InChI is InChI=1S/C23H20F3N5O4/c1-13-12-18(32)20(30-31(13)17-9-5-3-7-15(17)23(24,25)26)22(35)29-16-8-4-2-6-14(16)21(34)28-11-10-19(27)33/h2-9,12H,10-11H2,1H3,(H2,27,33)(H,28,34)(H,29,35). The van der Waals surface area contributed by atoms with Gasteiger partial charge in [0.1, 0.15) is 0 Å². The summed E-state index contributed by atoms with van der Waals surface area (Å²) in [6.07, 6.45) is -4.79. The van der Waals surface area contributed by atoms with Gasteiger partial charge in [0.15, 0.2) is 5.69 Å². The quantitative estimate of drug-likeness (QED) is 0.470. The fourth-order valence-electron chi connectivity index (χ4n) is 3.21. The second kappa shape index (κ2) is 10.2. The predicted molar refractivity (Wildman–Crippen MR) is 120 cm³/mol. The van der Waals surface area contributed by atoms with Crippen LogP contribution in [0.25, 0.3) is 5.69 Å². The highest BCUT2D eigenvalue weighted by atomic mass is 19.4. The third kappa shape index (κ3) is 5.91. The van der Waals surface area contributed by atoms with E-state index in [1.54, 1.807) is 0 Å². The molecule has 35 heavy (non-hydrogen) atoms. The van der Waals surface area contributed by atoms with Gasteiger partial charge in [0.05, 0.1) is 22.5 Å². The van der Waals surface area contributed by atoms with Crippen molar-refractivity contribution < 1.29 is 27.6 Å². The molecule has 3 rings (SSSR count). The van der Waals surface area contributed by atoms with Crippen molar-refractivity contribution in [3.63, 3.8) is 0 Å². The SMILES string of the molecule is Cc1cc(=O)c(C(=O)Nc2ccccc2C(=O)NCCC(N)=O)nn1-c1ccccc1C(F)(F)F. The van der Waals surface area contributed by atoms with E-state index in [1.165, 1.54) is 49.4 Å². The van der Waals surface area contributed by atoms with Crippen LogP contribution in [0.2, 0.25) is 0 Å². The normalized spacial score (nSPS) is 11.1. The number of benzene rings is 2. The van der Waals surface area contributed by atoms with Crippen molar-refractivity contribution >= 4 is 23.4 Å². The summed E-state index contributed by atoms with van der Waals surface area (Å²) in [7, 11) is 0. The van der Waals surface area contributed by atoms with Gasteiger partial charge in [-0.15, -0.1) is 0 Å². The summed E-state index contributed by atoms with van der Waals surface area (Å²) < 4.78 is 41.4. The number of rotatable bonds is 7. The number of amides is 3. The number of alkyl halides is 3. The number of nitrogens with two attached hydrogens (primary N) is 1. The molecule has 0 saturated heterocycles. The van der Waals surface area contributed by atoms with Gasteiger partial charge in [-0.1, -0.05) is 24.3 Å². The van der Waals surface area contributed by atoms with Crippen LogP contribution in [0.15, 0.2) is 59.4 Å². The van der Waals surface area contributed by atoms with Crippen molar-refractivity contribution in [1.82, 2.24) is 15.1 Å². The topological polar surface area (TPSA) is 136 Å². The highest BCUT2D eigenvalue weighted by Crippen LogP contribution is 2.33. The Labute approximate surface area is 196 Å². The molecular weight excluding hydrogens is 467 g/mol. The summed E-state index contributed by atoms with van der Waals surface area (Å²) in [4.78, 5) is 48.7. The van der Waals surface area contributed by atoms with E-state index in [1.807, 2.05) is 0 Å². The Morgan fingerprint density at radius 2 is 1.69 bits per heavy atom. The molecule has 9 nitrogen and oxygen atoms in total. The third-order valence-corrected chi connectivity index (χ3v) is 4.84. The average molecular weight is 487 g/mol. The number of primary amides is 1. The lowest BCUT2D eigenvalue weighted by Gasteiger charge is -2.17. The van der Waals surface area contributed by atoms with Crippen LogP contribution in [0.3, 0.4) is 0 Å². The monoisotopic (exact) mass is 487 g/mol. The van der Waals surface area contributed by atoms with Gasteiger partial charge in [-0.05, 0) is 31.2 Å². The van der Waals surface area contributed by atoms with Crippen molar-refractivity contribution in [2.75, 3.05) is 11.9 Å². The molecule has 0 aliphatic carbocycles. The van der Waals surface area contributed by atoms with E-state index >= 15 is 0 Å². The van der Waals surface area contributed by atoms with Gasteiger partial charge >= 0.3 is 6.18 Å². The predicted octanol–water partition coefficient (Wildman–Crippen LogP) is 2.42. The van der Waals surface area contributed by atoms with E-state index in [9.17, 15) is 32.3 Å².